The molecule has 2 aromatic carbocycles. The topological polar surface area (TPSA) is 110 Å². The number of amides is 1. The molecule has 0 radical (unpaired) electrons. The lowest BCUT2D eigenvalue weighted by Crippen LogP contribution is -2.30. The number of aromatic nitrogens is 2. The van der Waals surface area contributed by atoms with Crippen molar-refractivity contribution >= 4 is 21.6 Å². The van der Waals surface area contributed by atoms with E-state index in [0.29, 0.717) is 17.8 Å². The van der Waals surface area contributed by atoms with Gasteiger partial charge < -0.3 is 15.6 Å². The fourth-order valence-corrected chi connectivity index (χ4v) is 5.50. The molecule has 2 heterocycles. The summed E-state index contributed by atoms with van der Waals surface area (Å²) in [5.74, 6) is -1.09. The number of sulfonamides is 1. The van der Waals surface area contributed by atoms with Gasteiger partial charge in [-0.1, -0.05) is 18.2 Å². The van der Waals surface area contributed by atoms with E-state index in [4.69, 9.17) is 5.73 Å². The Labute approximate surface area is 185 Å². The zero-order valence-electron chi connectivity index (χ0n) is 17.5. The predicted octanol–water partition coefficient (Wildman–Crippen LogP) is 2.17. The highest BCUT2D eigenvalue weighted by Crippen LogP contribution is 2.36. The third kappa shape index (κ3) is 4.51. The van der Waals surface area contributed by atoms with E-state index in [-0.39, 0.29) is 35.8 Å². The summed E-state index contributed by atoms with van der Waals surface area (Å²) in [5.41, 5.74) is 7.32. The Bertz CT molecular complexity index is 1230. The lowest BCUT2D eigenvalue weighted by atomic mass is 9.89. The first-order chi connectivity index (χ1) is 15.2. The summed E-state index contributed by atoms with van der Waals surface area (Å²) >= 11 is 0. The minimum Gasteiger partial charge on any atom is -0.385 e. The average Bonchev–Trinajstić information content (AvgIpc) is 3.40. The smallest absolute Gasteiger partial charge is 0.262 e. The molecule has 168 valence electrons. The number of hydrogen-bond acceptors (Lipinski definition) is 5. The maximum atomic E-state index is 13.5. The summed E-state index contributed by atoms with van der Waals surface area (Å²) in [4.78, 5) is 15.5. The molecule has 2 atom stereocenters. The van der Waals surface area contributed by atoms with Gasteiger partial charge in [0, 0.05) is 50.0 Å². The van der Waals surface area contributed by atoms with Gasteiger partial charge in [-0.3, -0.25) is 4.79 Å². The molecule has 32 heavy (non-hydrogen) atoms. The van der Waals surface area contributed by atoms with Crippen LogP contribution in [0.15, 0.2) is 66.1 Å². The predicted molar refractivity (Wildman–Crippen MR) is 118 cm³/mol. The fraction of sp³-hybridized carbons (Fsp3) is 0.273. The maximum Gasteiger partial charge on any atom is 0.262 e. The molecule has 0 bridgehead atoms. The number of rotatable bonds is 7. The Morgan fingerprint density at radius 3 is 2.62 bits per heavy atom. The van der Waals surface area contributed by atoms with Gasteiger partial charge in [0.25, 0.3) is 10.0 Å². The molecule has 0 spiro atoms. The number of aryl methyl sites for hydroxylation is 1. The number of primary amides is 1. The van der Waals surface area contributed by atoms with Crippen molar-refractivity contribution in [2.45, 2.75) is 10.9 Å². The normalized spacial score (nSPS) is 19.2. The van der Waals surface area contributed by atoms with Gasteiger partial charge in [0.2, 0.25) is 5.91 Å². The molecule has 1 fully saturated rings. The average molecular weight is 458 g/mol. The SMILES string of the molecule is Cn1cnc(S(=O)(=O)N2C[C@@H](CNc3cccc(C(N)=O)c3)[C@H](c3ccc(F)cc3)C2)c1. The zero-order valence-corrected chi connectivity index (χ0v) is 18.3. The second-order valence-electron chi connectivity index (χ2n) is 7.94. The first kappa shape index (κ1) is 22.0. The Balaban J connectivity index is 1.58. The Morgan fingerprint density at radius 2 is 1.97 bits per heavy atom. The molecule has 3 aromatic rings. The van der Waals surface area contributed by atoms with Crippen molar-refractivity contribution in [2.24, 2.45) is 18.7 Å². The number of halogens is 1. The molecule has 4 rings (SSSR count). The number of imidazole rings is 1. The summed E-state index contributed by atoms with van der Waals surface area (Å²) in [5, 5.41) is 3.29. The van der Waals surface area contributed by atoms with Crippen molar-refractivity contribution in [1.29, 1.82) is 0 Å². The highest BCUT2D eigenvalue weighted by Gasteiger charge is 2.40. The molecule has 1 aliphatic rings. The fourth-order valence-electron chi connectivity index (χ4n) is 4.01. The van der Waals surface area contributed by atoms with Crippen LogP contribution in [-0.4, -0.2) is 47.8 Å². The standard InChI is InChI=1S/C22H24FN5O3S/c1-27-13-21(26-14-27)32(30,31)28-11-17(20(12-28)15-5-7-18(23)8-6-15)10-25-19-4-2-3-16(9-19)22(24)29/h2-9,13-14,17,20,25H,10-12H2,1H3,(H2,24,29)/t17-,20+/m1/s1. The molecule has 1 aliphatic heterocycles. The Morgan fingerprint density at radius 1 is 1.22 bits per heavy atom. The first-order valence-electron chi connectivity index (χ1n) is 10.1. The molecular weight excluding hydrogens is 433 g/mol. The van der Waals surface area contributed by atoms with Crippen LogP contribution in [0.5, 0.6) is 0 Å². The van der Waals surface area contributed by atoms with Crippen LogP contribution >= 0.6 is 0 Å². The van der Waals surface area contributed by atoms with Gasteiger partial charge >= 0.3 is 0 Å². The lowest BCUT2D eigenvalue weighted by molar-refractivity contribution is 0.100. The number of carbonyl (C=O) groups is 1. The van der Waals surface area contributed by atoms with Crippen LogP contribution in [0, 0.1) is 11.7 Å². The van der Waals surface area contributed by atoms with E-state index in [9.17, 15) is 17.6 Å². The quantitative estimate of drug-likeness (QED) is 0.565. The van der Waals surface area contributed by atoms with Crippen molar-refractivity contribution in [3.8, 4) is 0 Å². The van der Waals surface area contributed by atoms with Gasteiger partial charge in [0.15, 0.2) is 5.03 Å². The van der Waals surface area contributed by atoms with Gasteiger partial charge in [0.05, 0.1) is 6.33 Å². The van der Waals surface area contributed by atoms with Crippen LogP contribution in [0.4, 0.5) is 10.1 Å². The number of carbonyl (C=O) groups excluding carboxylic acids is 1. The highest BCUT2D eigenvalue weighted by molar-refractivity contribution is 7.89. The Kier molecular flexibility index (Phi) is 5.98. The van der Waals surface area contributed by atoms with E-state index in [1.165, 1.54) is 29.0 Å². The number of nitrogens with two attached hydrogens (primary N) is 1. The number of hydrogen-bond donors (Lipinski definition) is 2. The molecular formula is C22H24FN5O3S. The second kappa shape index (κ2) is 8.71. The van der Waals surface area contributed by atoms with Gasteiger partial charge in [-0.2, -0.15) is 4.31 Å². The van der Waals surface area contributed by atoms with E-state index in [0.717, 1.165) is 5.56 Å². The monoisotopic (exact) mass is 457 g/mol. The molecule has 10 heteroatoms. The van der Waals surface area contributed by atoms with Gasteiger partial charge in [-0.15, -0.1) is 0 Å². The van der Waals surface area contributed by atoms with Gasteiger partial charge in [0.1, 0.15) is 5.82 Å². The number of nitrogens with zero attached hydrogens (tertiary/aromatic N) is 3. The van der Waals surface area contributed by atoms with Crippen LogP contribution in [0.25, 0.3) is 0 Å². The van der Waals surface area contributed by atoms with E-state index < -0.39 is 15.9 Å². The van der Waals surface area contributed by atoms with Crippen LogP contribution in [0.1, 0.15) is 21.8 Å². The Hall–Kier alpha value is -3.24. The van der Waals surface area contributed by atoms with Crippen molar-refractivity contribution < 1.29 is 17.6 Å². The van der Waals surface area contributed by atoms with Gasteiger partial charge in [-0.05, 0) is 41.8 Å². The van der Waals surface area contributed by atoms with Crippen LogP contribution < -0.4 is 11.1 Å². The van der Waals surface area contributed by atoms with Crippen molar-refractivity contribution in [1.82, 2.24) is 13.9 Å². The first-order valence-corrected chi connectivity index (χ1v) is 11.6. The number of nitrogens with one attached hydrogen (secondary N) is 1. The molecule has 8 nitrogen and oxygen atoms in total. The van der Waals surface area contributed by atoms with Crippen LogP contribution in [0.2, 0.25) is 0 Å². The summed E-state index contributed by atoms with van der Waals surface area (Å²) in [7, 11) is -2.05. The number of benzene rings is 2. The van der Waals surface area contributed by atoms with Crippen molar-refractivity contribution in [2.75, 3.05) is 25.0 Å². The minimum atomic E-state index is -3.76. The number of anilines is 1. The molecule has 1 amide bonds. The minimum absolute atomic E-state index is 0.000578. The van der Waals surface area contributed by atoms with E-state index >= 15 is 0 Å². The zero-order chi connectivity index (χ0) is 22.9. The van der Waals surface area contributed by atoms with Crippen LogP contribution in [-0.2, 0) is 17.1 Å². The molecule has 1 aromatic heterocycles. The molecule has 0 aliphatic carbocycles. The van der Waals surface area contributed by atoms with Crippen molar-refractivity contribution in [3.63, 3.8) is 0 Å². The third-order valence-electron chi connectivity index (χ3n) is 5.71. The summed E-state index contributed by atoms with van der Waals surface area (Å²) < 4.78 is 42.8. The van der Waals surface area contributed by atoms with E-state index in [2.05, 4.69) is 10.3 Å². The largest absolute Gasteiger partial charge is 0.385 e. The summed E-state index contributed by atoms with van der Waals surface area (Å²) in [6.45, 7) is 1.00. The molecule has 0 saturated carbocycles. The third-order valence-corrected chi connectivity index (χ3v) is 7.42. The van der Waals surface area contributed by atoms with Crippen LogP contribution in [0.3, 0.4) is 0 Å². The second-order valence-corrected chi connectivity index (χ2v) is 9.83. The van der Waals surface area contributed by atoms with Gasteiger partial charge in [-0.25, -0.2) is 17.8 Å². The molecule has 1 saturated heterocycles. The summed E-state index contributed by atoms with van der Waals surface area (Å²) in [6.07, 6.45) is 2.92. The van der Waals surface area contributed by atoms with E-state index in [1.54, 1.807) is 41.9 Å². The maximum absolute atomic E-state index is 13.5. The summed E-state index contributed by atoms with van der Waals surface area (Å²) in [6, 6.07) is 13.0. The lowest BCUT2D eigenvalue weighted by Gasteiger charge is -2.20. The molecule has 3 N–H and O–H groups in total. The molecule has 0 unspecified atom stereocenters. The van der Waals surface area contributed by atoms with E-state index in [1.807, 2.05) is 6.07 Å². The highest BCUT2D eigenvalue weighted by atomic mass is 32.2. The van der Waals surface area contributed by atoms with Crippen molar-refractivity contribution in [3.05, 3.63) is 78.0 Å².